The average molecular weight is 482 g/mol. The van der Waals surface area contributed by atoms with Crippen LogP contribution in [0.25, 0.3) is 10.6 Å². The Labute approximate surface area is 202 Å². The quantitative estimate of drug-likeness (QED) is 0.427. The summed E-state index contributed by atoms with van der Waals surface area (Å²) in [5.41, 5.74) is 1.61. The van der Waals surface area contributed by atoms with Crippen LogP contribution in [-0.2, 0) is 26.4 Å². The lowest BCUT2D eigenvalue weighted by atomic mass is 10.1. The van der Waals surface area contributed by atoms with Crippen molar-refractivity contribution < 1.29 is 23.8 Å². The van der Waals surface area contributed by atoms with Crippen LogP contribution in [0.4, 0.5) is 0 Å². The number of ether oxygens (including phenoxy) is 3. The molecule has 2 heterocycles. The lowest BCUT2D eigenvalue weighted by molar-refractivity contribution is -0.128. The molecule has 0 spiro atoms. The molecule has 34 heavy (non-hydrogen) atoms. The third-order valence-electron chi connectivity index (χ3n) is 5.80. The molecule has 4 rings (SSSR count). The van der Waals surface area contributed by atoms with E-state index >= 15 is 0 Å². The summed E-state index contributed by atoms with van der Waals surface area (Å²) in [5, 5.41) is 10.1. The SMILES string of the molecule is COC(=O)c1ccc(CN2CCCC2=O)c(Oc2ccc(-c3nnc(C(C)(C)OC)s3)cc2)c1. The minimum Gasteiger partial charge on any atom is -0.465 e. The highest BCUT2D eigenvalue weighted by molar-refractivity contribution is 7.14. The molecule has 1 amide bonds. The summed E-state index contributed by atoms with van der Waals surface area (Å²) in [7, 11) is 2.99. The number of carbonyl (C=O) groups excluding carboxylic acids is 2. The number of carbonyl (C=O) groups is 2. The molecule has 8 nitrogen and oxygen atoms in total. The number of methoxy groups -OCH3 is 2. The van der Waals surface area contributed by atoms with Gasteiger partial charge in [0.25, 0.3) is 0 Å². The first-order chi connectivity index (χ1) is 16.3. The molecule has 1 aliphatic rings. The Bertz CT molecular complexity index is 1190. The average Bonchev–Trinajstić information content (AvgIpc) is 3.50. The van der Waals surface area contributed by atoms with E-state index in [2.05, 4.69) is 10.2 Å². The Balaban J connectivity index is 1.57. The molecule has 0 bridgehead atoms. The highest BCUT2D eigenvalue weighted by Gasteiger charge is 2.25. The molecule has 2 aromatic carbocycles. The number of amides is 1. The molecular weight excluding hydrogens is 454 g/mol. The van der Waals surface area contributed by atoms with Gasteiger partial charge in [-0.2, -0.15) is 0 Å². The van der Waals surface area contributed by atoms with Crippen LogP contribution in [0.2, 0.25) is 0 Å². The number of hydrogen-bond acceptors (Lipinski definition) is 8. The zero-order valence-electron chi connectivity index (χ0n) is 19.7. The maximum atomic E-state index is 12.1. The van der Waals surface area contributed by atoms with E-state index in [1.165, 1.54) is 18.4 Å². The fourth-order valence-electron chi connectivity index (χ4n) is 3.56. The van der Waals surface area contributed by atoms with Gasteiger partial charge in [-0.3, -0.25) is 4.79 Å². The number of benzene rings is 2. The third kappa shape index (κ3) is 5.10. The van der Waals surface area contributed by atoms with E-state index in [9.17, 15) is 9.59 Å². The van der Waals surface area contributed by atoms with Crippen molar-refractivity contribution >= 4 is 23.2 Å². The van der Waals surface area contributed by atoms with Gasteiger partial charge in [-0.25, -0.2) is 4.79 Å². The number of rotatable bonds is 8. The van der Waals surface area contributed by atoms with Crippen molar-refractivity contribution in [3.05, 3.63) is 58.6 Å². The fourth-order valence-corrected chi connectivity index (χ4v) is 4.49. The highest BCUT2D eigenvalue weighted by atomic mass is 32.1. The number of esters is 1. The van der Waals surface area contributed by atoms with E-state index in [1.807, 2.05) is 44.2 Å². The van der Waals surface area contributed by atoms with Gasteiger partial charge in [0.1, 0.15) is 27.1 Å². The molecule has 1 fully saturated rings. The Morgan fingerprint density at radius 3 is 2.53 bits per heavy atom. The van der Waals surface area contributed by atoms with Gasteiger partial charge in [0.2, 0.25) is 5.91 Å². The van der Waals surface area contributed by atoms with E-state index in [0.29, 0.717) is 30.0 Å². The van der Waals surface area contributed by atoms with Crippen molar-refractivity contribution in [3.8, 4) is 22.1 Å². The molecular formula is C25H27N3O5S. The summed E-state index contributed by atoms with van der Waals surface area (Å²) in [6.45, 7) is 5.04. The number of nitrogens with zero attached hydrogens (tertiary/aromatic N) is 3. The summed E-state index contributed by atoms with van der Waals surface area (Å²) in [6, 6.07) is 12.6. The zero-order chi connectivity index (χ0) is 24.3. The van der Waals surface area contributed by atoms with E-state index in [1.54, 1.807) is 24.1 Å². The molecule has 9 heteroatoms. The summed E-state index contributed by atoms with van der Waals surface area (Å²) in [5.74, 6) is 0.785. The Kier molecular flexibility index (Phi) is 6.95. The van der Waals surface area contributed by atoms with Crippen LogP contribution in [0.1, 0.15) is 47.6 Å². The highest BCUT2D eigenvalue weighted by Crippen LogP contribution is 2.34. The fraction of sp³-hybridized carbons (Fsp3) is 0.360. The molecule has 1 saturated heterocycles. The van der Waals surface area contributed by atoms with Gasteiger partial charge in [-0.1, -0.05) is 17.4 Å². The summed E-state index contributed by atoms with van der Waals surface area (Å²) >= 11 is 1.48. The van der Waals surface area contributed by atoms with Crippen LogP contribution in [0.3, 0.4) is 0 Å². The first kappa shape index (κ1) is 23.8. The van der Waals surface area contributed by atoms with Gasteiger partial charge in [0.05, 0.1) is 12.7 Å². The van der Waals surface area contributed by atoms with Crippen LogP contribution in [0.5, 0.6) is 11.5 Å². The van der Waals surface area contributed by atoms with Gasteiger partial charge in [-0.15, -0.1) is 10.2 Å². The maximum absolute atomic E-state index is 12.1. The third-order valence-corrected chi connectivity index (χ3v) is 7.08. The van der Waals surface area contributed by atoms with Crippen LogP contribution < -0.4 is 4.74 Å². The minimum atomic E-state index is -0.503. The van der Waals surface area contributed by atoms with Gasteiger partial charge >= 0.3 is 5.97 Å². The minimum absolute atomic E-state index is 0.125. The zero-order valence-corrected chi connectivity index (χ0v) is 20.5. The van der Waals surface area contributed by atoms with Crippen molar-refractivity contribution in [2.75, 3.05) is 20.8 Å². The molecule has 0 aliphatic carbocycles. The normalized spacial score (nSPS) is 13.9. The summed E-state index contributed by atoms with van der Waals surface area (Å²) in [4.78, 5) is 26.0. The molecule has 1 aromatic heterocycles. The Hall–Kier alpha value is -3.30. The van der Waals surface area contributed by atoms with E-state index in [-0.39, 0.29) is 5.91 Å². The Morgan fingerprint density at radius 2 is 1.88 bits per heavy atom. The molecule has 0 unspecified atom stereocenters. The number of likely N-dealkylation sites (tertiary alicyclic amines) is 1. The lowest BCUT2D eigenvalue weighted by Gasteiger charge is -2.19. The lowest BCUT2D eigenvalue weighted by Crippen LogP contribution is -2.24. The maximum Gasteiger partial charge on any atom is 0.337 e. The molecule has 3 aromatic rings. The first-order valence-electron chi connectivity index (χ1n) is 11.0. The van der Waals surface area contributed by atoms with Crippen LogP contribution in [0.15, 0.2) is 42.5 Å². The van der Waals surface area contributed by atoms with Crippen molar-refractivity contribution in [1.29, 1.82) is 0 Å². The first-order valence-corrected chi connectivity index (χ1v) is 11.8. The van der Waals surface area contributed by atoms with Gasteiger partial charge in [-0.05, 0) is 56.7 Å². The van der Waals surface area contributed by atoms with Gasteiger partial charge in [0.15, 0.2) is 0 Å². The second-order valence-corrected chi connectivity index (χ2v) is 9.46. The molecule has 0 radical (unpaired) electrons. The largest absolute Gasteiger partial charge is 0.465 e. The monoisotopic (exact) mass is 481 g/mol. The van der Waals surface area contributed by atoms with Crippen molar-refractivity contribution in [1.82, 2.24) is 15.1 Å². The summed E-state index contributed by atoms with van der Waals surface area (Å²) in [6.07, 6.45) is 1.42. The smallest absolute Gasteiger partial charge is 0.337 e. The summed E-state index contributed by atoms with van der Waals surface area (Å²) < 4.78 is 16.5. The number of aromatic nitrogens is 2. The Morgan fingerprint density at radius 1 is 1.12 bits per heavy atom. The van der Waals surface area contributed by atoms with Crippen molar-refractivity contribution in [3.63, 3.8) is 0 Å². The van der Waals surface area contributed by atoms with Crippen molar-refractivity contribution in [2.45, 2.75) is 38.8 Å². The van der Waals surface area contributed by atoms with E-state index in [4.69, 9.17) is 14.2 Å². The van der Waals surface area contributed by atoms with Crippen LogP contribution >= 0.6 is 11.3 Å². The molecule has 178 valence electrons. The predicted octanol–water partition coefficient (Wildman–Crippen LogP) is 4.79. The second-order valence-electron chi connectivity index (χ2n) is 8.49. The molecule has 0 saturated carbocycles. The second kappa shape index (κ2) is 9.90. The van der Waals surface area contributed by atoms with E-state index in [0.717, 1.165) is 34.1 Å². The molecule has 0 N–H and O–H groups in total. The van der Waals surface area contributed by atoms with Gasteiger partial charge < -0.3 is 19.1 Å². The molecule has 0 atom stereocenters. The standard InChI is InChI=1S/C25H27N3O5S/c1-25(2,32-4)24-27-26-22(34-24)16-9-11-19(12-10-16)33-20-14-17(23(30)31-3)7-8-18(20)15-28-13-5-6-21(28)29/h7-12,14H,5-6,13,15H2,1-4H3. The predicted molar refractivity (Wildman–Crippen MR) is 128 cm³/mol. The van der Waals surface area contributed by atoms with Crippen molar-refractivity contribution in [2.24, 2.45) is 0 Å². The van der Waals surface area contributed by atoms with Gasteiger partial charge in [0, 0.05) is 37.7 Å². The topological polar surface area (TPSA) is 90.9 Å². The van der Waals surface area contributed by atoms with Crippen LogP contribution in [0, 0.1) is 0 Å². The van der Waals surface area contributed by atoms with E-state index < -0.39 is 11.6 Å². The van der Waals surface area contributed by atoms with Crippen LogP contribution in [-0.4, -0.2) is 47.7 Å². The number of hydrogen-bond donors (Lipinski definition) is 0. The molecule has 1 aliphatic heterocycles.